The van der Waals surface area contributed by atoms with Crippen molar-refractivity contribution in [1.29, 1.82) is 0 Å². The fourth-order valence-electron chi connectivity index (χ4n) is 4.04. The molecule has 0 aromatic heterocycles. The fraction of sp³-hybridized carbons (Fsp3) is 0.350. The number of anilines is 1. The number of fused-ring (bicyclic) bond motifs is 1. The first kappa shape index (κ1) is 18.4. The van der Waals surface area contributed by atoms with Crippen LogP contribution in [0, 0.1) is 5.92 Å². The largest absolute Gasteiger partial charge is 0.502 e. The van der Waals surface area contributed by atoms with E-state index >= 15 is 0 Å². The first-order valence-electron chi connectivity index (χ1n) is 9.17. The highest BCUT2D eigenvalue weighted by molar-refractivity contribution is 5.79. The molecule has 2 aromatic rings. The number of phenolic OH excluding ortho intramolecular Hbond substituents is 1. The van der Waals surface area contributed by atoms with Gasteiger partial charge in [0.05, 0.1) is 26.6 Å². The van der Waals surface area contributed by atoms with Crippen LogP contribution >= 0.6 is 0 Å². The molecule has 8 heteroatoms. The van der Waals surface area contributed by atoms with Crippen LogP contribution in [0.5, 0.6) is 17.2 Å². The molecule has 0 spiro atoms. The standard InChI is InChI=1S/C20H24N4O4/c1-27-14-8-11(9-15(28-2)18(14)26)13-10-16(25)22-20-17(13)19(23-24-20)21-12-6-4-3-5-7-12/h3-9,13,17,19-21,23-24,26H,10H2,1-2H3,(H,22,25). The summed E-state index contributed by atoms with van der Waals surface area (Å²) < 4.78 is 10.6. The van der Waals surface area contributed by atoms with Crippen LogP contribution < -0.4 is 31.0 Å². The number of aromatic hydroxyl groups is 1. The van der Waals surface area contributed by atoms with Crippen molar-refractivity contribution in [2.45, 2.75) is 24.7 Å². The molecule has 2 aromatic carbocycles. The first-order chi connectivity index (χ1) is 13.6. The van der Waals surface area contributed by atoms with Gasteiger partial charge in [0.2, 0.25) is 11.7 Å². The van der Waals surface area contributed by atoms with Crippen LogP contribution in [-0.4, -0.2) is 37.6 Å². The quantitative estimate of drug-likeness (QED) is 0.532. The van der Waals surface area contributed by atoms with E-state index < -0.39 is 0 Å². The number of benzene rings is 2. The third-order valence-corrected chi connectivity index (χ3v) is 5.38. The average Bonchev–Trinajstić information content (AvgIpc) is 3.10. The van der Waals surface area contributed by atoms with Crippen molar-refractivity contribution in [2.75, 3.05) is 19.5 Å². The molecule has 2 saturated heterocycles. The third kappa shape index (κ3) is 3.32. The topological polar surface area (TPSA) is 104 Å². The van der Waals surface area contributed by atoms with Gasteiger partial charge in [-0.05, 0) is 29.8 Å². The van der Waals surface area contributed by atoms with Crippen molar-refractivity contribution in [3.8, 4) is 17.2 Å². The van der Waals surface area contributed by atoms with E-state index in [9.17, 15) is 9.90 Å². The number of methoxy groups -OCH3 is 2. The number of rotatable bonds is 5. The summed E-state index contributed by atoms with van der Waals surface area (Å²) in [5, 5.41) is 16.7. The molecule has 5 N–H and O–H groups in total. The van der Waals surface area contributed by atoms with Gasteiger partial charge in [-0.25, -0.2) is 10.9 Å². The Morgan fingerprint density at radius 3 is 2.39 bits per heavy atom. The molecule has 2 fully saturated rings. The van der Waals surface area contributed by atoms with Gasteiger partial charge in [-0.1, -0.05) is 18.2 Å². The second-order valence-electron chi connectivity index (χ2n) is 6.98. The summed E-state index contributed by atoms with van der Waals surface area (Å²) >= 11 is 0. The van der Waals surface area contributed by atoms with Gasteiger partial charge in [-0.2, -0.15) is 0 Å². The molecule has 4 atom stereocenters. The average molecular weight is 384 g/mol. The minimum atomic E-state index is -0.224. The smallest absolute Gasteiger partial charge is 0.221 e. The molecule has 4 unspecified atom stereocenters. The van der Waals surface area contributed by atoms with Crippen molar-refractivity contribution >= 4 is 11.6 Å². The molecule has 8 nitrogen and oxygen atoms in total. The lowest BCUT2D eigenvalue weighted by Gasteiger charge is -2.36. The first-order valence-corrected chi connectivity index (χ1v) is 9.17. The molecule has 1 amide bonds. The van der Waals surface area contributed by atoms with Crippen LogP contribution in [0.15, 0.2) is 42.5 Å². The lowest BCUT2D eigenvalue weighted by Crippen LogP contribution is -2.53. The second kappa shape index (κ2) is 7.57. The number of amides is 1. The maximum atomic E-state index is 12.3. The van der Waals surface area contributed by atoms with Gasteiger partial charge in [0.15, 0.2) is 11.5 Å². The number of para-hydroxylation sites is 1. The van der Waals surface area contributed by atoms with Crippen molar-refractivity contribution in [1.82, 2.24) is 16.2 Å². The molecular formula is C20H24N4O4. The van der Waals surface area contributed by atoms with E-state index in [1.807, 2.05) is 30.3 Å². The van der Waals surface area contributed by atoms with Gasteiger partial charge >= 0.3 is 0 Å². The molecule has 28 heavy (non-hydrogen) atoms. The maximum absolute atomic E-state index is 12.3. The molecule has 2 aliphatic rings. The summed E-state index contributed by atoms with van der Waals surface area (Å²) in [7, 11) is 2.99. The zero-order valence-corrected chi connectivity index (χ0v) is 15.7. The molecule has 4 rings (SSSR count). The van der Waals surface area contributed by atoms with Crippen LogP contribution in [0.2, 0.25) is 0 Å². The van der Waals surface area contributed by atoms with Gasteiger partial charge in [0, 0.05) is 23.9 Å². The summed E-state index contributed by atoms with van der Waals surface area (Å²) in [6, 6.07) is 13.4. The van der Waals surface area contributed by atoms with Gasteiger partial charge < -0.3 is 25.2 Å². The molecule has 0 radical (unpaired) electrons. The Morgan fingerprint density at radius 2 is 1.75 bits per heavy atom. The number of hydrogen-bond donors (Lipinski definition) is 5. The number of phenols is 1. The number of hydrazine groups is 1. The predicted octanol–water partition coefficient (Wildman–Crippen LogP) is 1.50. The lowest BCUT2D eigenvalue weighted by atomic mass is 9.77. The Kier molecular flexibility index (Phi) is 4.97. The van der Waals surface area contributed by atoms with E-state index in [1.165, 1.54) is 14.2 Å². The summed E-state index contributed by atoms with van der Waals surface area (Å²) in [4.78, 5) is 12.3. The highest BCUT2D eigenvalue weighted by Gasteiger charge is 2.46. The van der Waals surface area contributed by atoms with Crippen LogP contribution in [0.4, 0.5) is 5.69 Å². The van der Waals surface area contributed by atoms with Crippen molar-refractivity contribution < 1.29 is 19.4 Å². The number of piperidine rings is 1. The van der Waals surface area contributed by atoms with Gasteiger partial charge in [0.1, 0.15) is 0 Å². The number of hydrogen-bond acceptors (Lipinski definition) is 7. The Labute approximate surface area is 163 Å². The SMILES string of the molecule is COc1cc(C2CC(=O)NC3NNC(Nc4ccccc4)C32)cc(OC)c1O. The van der Waals surface area contributed by atoms with Gasteiger partial charge in [-0.3, -0.25) is 4.79 Å². The Hall–Kier alpha value is -2.97. The van der Waals surface area contributed by atoms with Crippen molar-refractivity contribution in [2.24, 2.45) is 5.92 Å². The van der Waals surface area contributed by atoms with Gasteiger partial charge in [-0.15, -0.1) is 0 Å². The Bertz CT molecular complexity index is 836. The monoisotopic (exact) mass is 384 g/mol. The van der Waals surface area contributed by atoms with Crippen LogP contribution in [0.3, 0.4) is 0 Å². The summed E-state index contributed by atoms with van der Waals surface area (Å²) in [5.74, 6) is 0.480. The molecule has 0 saturated carbocycles. The number of carbonyl (C=O) groups excluding carboxylic acids is 1. The summed E-state index contributed by atoms with van der Waals surface area (Å²) in [6.45, 7) is 0. The van der Waals surface area contributed by atoms with E-state index in [4.69, 9.17) is 9.47 Å². The minimum absolute atomic E-state index is 0.0249. The summed E-state index contributed by atoms with van der Waals surface area (Å²) in [5.41, 5.74) is 8.28. The zero-order chi connectivity index (χ0) is 19.7. The van der Waals surface area contributed by atoms with Crippen LogP contribution in [0.25, 0.3) is 0 Å². The van der Waals surface area contributed by atoms with Crippen LogP contribution in [-0.2, 0) is 4.79 Å². The summed E-state index contributed by atoms with van der Waals surface area (Å²) in [6.07, 6.45) is -0.00348. The molecule has 0 bridgehead atoms. The number of ether oxygens (including phenoxy) is 2. The second-order valence-corrected chi connectivity index (χ2v) is 6.98. The third-order valence-electron chi connectivity index (χ3n) is 5.38. The fourth-order valence-corrected chi connectivity index (χ4v) is 4.04. The Morgan fingerprint density at radius 1 is 1.07 bits per heavy atom. The predicted molar refractivity (Wildman–Crippen MR) is 104 cm³/mol. The van der Waals surface area contributed by atoms with Crippen LogP contribution in [0.1, 0.15) is 17.9 Å². The zero-order valence-electron chi connectivity index (χ0n) is 15.7. The highest BCUT2D eigenvalue weighted by atomic mass is 16.5. The molecular weight excluding hydrogens is 360 g/mol. The van der Waals surface area contributed by atoms with E-state index in [-0.39, 0.29) is 35.8 Å². The highest BCUT2D eigenvalue weighted by Crippen LogP contribution is 2.44. The van der Waals surface area contributed by atoms with E-state index in [0.29, 0.717) is 17.9 Å². The number of carbonyl (C=O) groups is 1. The molecule has 2 heterocycles. The normalized spacial score (nSPS) is 26.3. The maximum Gasteiger partial charge on any atom is 0.221 e. The Balaban J connectivity index is 1.69. The van der Waals surface area contributed by atoms with Crippen molar-refractivity contribution in [3.63, 3.8) is 0 Å². The van der Waals surface area contributed by atoms with Gasteiger partial charge in [0.25, 0.3) is 0 Å². The van der Waals surface area contributed by atoms with E-state index in [1.54, 1.807) is 12.1 Å². The molecule has 0 aliphatic carbocycles. The lowest BCUT2D eigenvalue weighted by molar-refractivity contribution is -0.125. The molecule has 148 valence electrons. The molecule has 2 aliphatic heterocycles. The van der Waals surface area contributed by atoms with E-state index in [2.05, 4.69) is 21.5 Å². The number of nitrogens with one attached hydrogen (secondary N) is 4. The van der Waals surface area contributed by atoms with Crippen molar-refractivity contribution in [3.05, 3.63) is 48.0 Å². The van der Waals surface area contributed by atoms with E-state index in [0.717, 1.165) is 11.3 Å². The minimum Gasteiger partial charge on any atom is -0.502 e.